The maximum atomic E-state index is 10.4. The van der Waals surface area contributed by atoms with Gasteiger partial charge < -0.3 is 5.32 Å². The molecule has 1 aromatic rings. The highest BCUT2D eigenvalue weighted by Crippen LogP contribution is 2.05. The van der Waals surface area contributed by atoms with Gasteiger partial charge in [-0.1, -0.05) is 18.2 Å². The highest BCUT2D eigenvalue weighted by Gasteiger charge is 2.06. The van der Waals surface area contributed by atoms with E-state index in [-0.39, 0.29) is 10.8 Å². The van der Waals surface area contributed by atoms with Crippen LogP contribution in [0.4, 0.5) is 0 Å². The van der Waals surface area contributed by atoms with Crippen molar-refractivity contribution in [3.05, 3.63) is 30.3 Å². The van der Waals surface area contributed by atoms with Gasteiger partial charge in [0, 0.05) is 13.0 Å². The first-order valence-corrected chi connectivity index (χ1v) is 6.23. The van der Waals surface area contributed by atoms with Crippen molar-refractivity contribution < 1.29 is 17.8 Å². The van der Waals surface area contributed by atoms with E-state index in [0.717, 1.165) is 19.4 Å². The fourth-order valence-corrected chi connectivity index (χ4v) is 1.66. The molecule has 0 bridgehead atoms. The molecule has 1 saturated heterocycles. The van der Waals surface area contributed by atoms with E-state index >= 15 is 0 Å². The molecule has 1 aliphatic heterocycles. The Morgan fingerprint density at radius 3 is 2.06 bits per heavy atom. The lowest BCUT2D eigenvalue weighted by Gasteiger charge is -1.92. The fraction of sp³-hybridized carbons (Fsp3) is 0.300. The minimum atomic E-state index is -4.00. The van der Waals surface area contributed by atoms with Crippen LogP contribution in [0.1, 0.15) is 12.8 Å². The van der Waals surface area contributed by atoms with Gasteiger partial charge in [0.1, 0.15) is 0 Å². The van der Waals surface area contributed by atoms with Gasteiger partial charge in [-0.2, -0.15) is 8.42 Å². The van der Waals surface area contributed by atoms with Gasteiger partial charge in [0.2, 0.25) is 5.91 Å². The third kappa shape index (κ3) is 4.41. The summed E-state index contributed by atoms with van der Waals surface area (Å²) in [6.07, 6.45) is 1.76. The summed E-state index contributed by atoms with van der Waals surface area (Å²) >= 11 is 0. The third-order valence-electron chi connectivity index (χ3n) is 1.94. The zero-order valence-corrected chi connectivity index (χ0v) is 9.40. The van der Waals surface area contributed by atoms with Gasteiger partial charge in [-0.25, -0.2) is 0 Å². The molecule has 0 atom stereocenters. The van der Waals surface area contributed by atoms with Crippen molar-refractivity contribution in [1.82, 2.24) is 5.32 Å². The molecule has 1 aromatic carbocycles. The maximum absolute atomic E-state index is 10.4. The molecule has 2 N–H and O–H groups in total. The summed E-state index contributed by atoms with van der Waals surface area (Å²) in [7, 11) is -4.00. The fourth-order valence-electron chi connectivity index (χ4n) is 1.16. The van der Waals surface area contributed by atoms with E-state index in [0.29, 0.717) is 0 Å². The Morgan fingerprint density at radius 1 is 1.19 bits per heavy atom. The molecule has 0 unspecified atom stereocenters. The SMILES string of the molecule is O=C1CCCN1.O=S(=O)(O)c1ccccc1. The number of carbonyl (C=O) groups is 1. The zero-order valence-electron chi connectivity index (χ0n) is 8.59. The molecule has 0 aliphatic carbocycles. The Balaban J connectivity index is 0.000000181. The number of benzene rings is 1. The van der Waals surface area contributed by atoms with E-state index in [4.69, 9.17) is 4.55 Å². The molecular weight excluding hydrogens is 230 g/mol. The molecule has 0 aromatic heterocycles. The number of rotatable bonds is 1. The van der Waals surface area contributed by atoms with Crippen molar-refractivity contribution in [3.63, 3.8) is 0 Å². The molecule has 2 rings (SSSR count). The van der Waals surface area contributed by atoms with Crippen LogP contribution in [0.5, 0.6) is 0 Å². The van der Waals surface area contributed by atoms with Gasteiger partial charge in [0.05, 0.1) is 4.90 Å². The number of hydrogen-bond donors (Lipinski definition) is 2. The van der Waals surface area contributed by atoms with Gasteiger partial charge in [0.25, 0.3) is 10.1 Å². The van der Waals surface area contributed by atoms with E-state index in [9.17, 15) is 13.2 Å². The molecule has 1 aliphatic rings. The summed E-state index contributed by atoms with van der Waals surface area (Å²) in [4.78, 5) is 10.1. The summed E-state index contributed by atoms with van der Waals surface area (Å²) in [6, 6.07) is 7.42. The molecule has 0 spiro atoms. The van der Waals surface area contributed by atoms with Gasteiger partial charge in [-0.3, -0.25) is 9.35 Å². The van der Waals surface area contributed by atoms with Crippen LogP contribution in [0.15, 0.2) is 35.2 Å². The minimum Gasteiger partial charge on any atom is -0.356 e. The second kappa shape index (κ2) is 5.62. The van der Waals surface area contributed by atoms with Gasteiger partial charge in [-0.15, -0.1) is 0 Å². The second-order valence-electron chi connectivity index (χ2n) is 3.24. The molecular formula is C10H13NO4S. The van der Waals surface area contributed by atoms with E-state index in [1.165, 1.54) is 12.1 Å². The Kier molecular flexibility index (Phi) is 4.45. The van der Waals surface area contributed by atoms with Crippen LogP contribution in [0.25, 0.3) is 0 Å². The van der Waals surface area contributed by atoms with Crippen LogP contribution >= 0.6 is 0 Å². The topological polar surface area (TPSA) is 83.5 Å². The van der Waals surface area contributed by atoms with Crippen LogP contribution in [-0.4, -0.2) is 25.4 Å². The van der Waals surface area contributed by atoms with Crippen molar-refractivity contribution in [2.75, 3.05) is 6.54 Å². The first kappa shape index (κ1) is 12.7. The zero-order chi connectivity index (χ0) is 12.0. The lowest BCUT2D eigenvalue weighted by molar-refractivity contribution is -0.119. The van der Waals surface area contributed by atoms with Crippen molar-refractivity contribution in [3.8, 4) is 0 Å². The van der Waals surface area contributed by atoms with Crippen LogP contribution in [0, 0.1) is 0 Å². The van der Waals surface area contributed by atoms with E-state index < -0.39 is 10.1 Å². The lowest BCUT2D eigenvalue weighted by atomic mass is 10.4. The smallest absolute Gasteiger partial charge is 0.294 e. The van der Waals surface area contributed by atoms with Gasteiger partial charge in [-0.05, 0) is 18.6 Å². The minimum absolute atomic E-state index is 0.0741. The number of carbonyl (C=O) groups excluding carboxylic acids is 1. The molecule has 6 heteroatoms. The van der Waals surface area contributed by atoms with Crippen LogP contribution < -0.4 is 5.32 Å². The number of nitrogens with one attached hydrogen (secondary N) is 1. The van der Waals surface area contributed by atoms with Crippen molar-refractivity contribution in [1.29, 1.82) is 0 Å². The molecule has 0 saturated carbocycles. The average Bonchev–Trinajstić information content (AvgIpc) is 2.70. The maximum Gasteiger partial charge on any atom is 0.294 e. The summed E-state index contributed by atoms with van der Waals surface area (Å²) < 4.78 is 29.2. The van der Waals surface area contributed by atoms with E-state index in [2.05, 4.69) is 5.32 Å². The second-order valence-corrected chi connectivity index (χ2v) is 4.66. The van der Waals surface area contributed by atoms with Crippen molar-refractivity contribution >= 4 is 16.0 Å². The molecule has 1 heterocycles. The first-order valence-electron chi connectivity index (χ1n) is 4.79. The summed E-state index contributed by atoms with van der Waals surface area (Å²) in [5.74, 6) is 0.204. The van der Waals surface area contributed by atoms with E-state index in [1.807, 2.05) is 0 Å². The Hall–Kier alpha value is -1.40. The molecule has 16 heavy (non-hydrogen) atoms. The normalized spacial score (nSPS) is 14.9. The van der Waals surface area contributed by atoms with Crippen LogP contribution in [0.2, 0.25) is 0 Å². The molecule has 88 valence electrons. The third-order valence-corrected chi connectivity index (χ3v) is 2.81. The van der Waals surface area contributed by atoms with Crippen LogP contribution in [-0.2, 0) is 14.9 Å². The summed E-state index contributed by atoms with van der Waals surface area (Å²) in [5, 5.41) is 2.68. The Morgan fingerprint density at radius 2 is 1.81 bits per heavy atom. The molecule has 5 nitrogen and oxygen atoms in total. The van der Waals surface area contributed by atoms with E-state index in [1.54, 1.807) is 18.2 Å². The van der Waals surface area contributed by atoms with Crippen molar-refractivity contribution in [2.45, 2.75) is 17.7 Å². The molecule has 0 radical (unpaired) electrons. The highest BCUT2D eigenvalue weighted by atomic mass is 32.2. The van der Waals surface area contributed by atoms with Crippen molar-refractivity contribution in [2.24, 2.45) is 0 Å². The van der Waals surface area contributed by atoms with Crippen LogP contribution in [0.3, 0.4) is 0 Å². The first-order chi connectivity index (χ1) is 7.50. The number of amides is 1. The predicted molar refractivity (Wildman–Crippen MR) is 58.5 cm³/mol. The standard InChI is InChI=1S/C6H6O3S.C4H7NO/c7-10(8,9)6-4-2-1-3-5-6;6-4-2-1-3-5-4/h1-5H,(H,7,8,9);1-3H2,(H,5,6). The quantitative estimate of drug-likeness (QED) is 0.716. The largest absolute Gasteiger partial charge is 0.356 e. The van der Waals surface area contributed by atoms with Gasteiger partial charge >= 0.3 is 0 Å². The monoisotopic (exact) mass is 243 g/mol. The highest BCUT2D eigenvalue weighted by molar-refractivity contribution is 7.85. The average molecular weight is 243 g/mol. The van der Waals surface area contributed by atoms with Gasteiger partial charge in [0.15, 0.2) is 0 Å². The molecule has 1 fully saturated rings. The summed E-state index contributed by atoms with van der Waals surface area (Å²) in [5.41, 5.74) is 0. The Bertz CT molecular complexity index is 433. The predicted octanol–water partition coefficient (Wildman–Crippen LogP) is 0.830. The summed E-state index contributed by atoms with van der Waals surface area (Å²) in [6.45, 7) is 0.888. The molecule has 1 amide bonds. The lowest BCUT2D eigenvalue weighted by Crippen LogP contribution is -2.12. The number of hydrogen-bond acceptors (Lipinski definition) is 3. The Labute approximate surface area is 94.2 Å².